The van der Waals surface area contributed by atoms with Gasteiger partial charge in [0.2, 0.25) is 0 Å². The Morgan fingerprint density at radius 2 is 1.88 bits per heavy atom. The number of fused-ring (bicyclic) bond motifs is 1. The van der Waals surface area contributed by atoms with Crippen LogP contribution in [0.5, 0.6) is 0 Å². The predicted molar refractivity (Wildman–Crippen MR) is 154 cm³/mol. The van der Waals surface area contributed by atoms with Crippen LogP contribution in [0.1, 0.15) is 28.4 Å². The number of rotatable bonds is 7. The van der Waals surface area contributed by atoms with Crippen molar-refractivity contribution in [3.8, 4) is 11.1 Å². The number of nitrogens with one attached hydrogen (secondary N) is 1. The van der Waals surface area contributed by atoms with Gasteiger partial charge in [-0.05, 0) is 49.2 Å². The van der Waals surface area contributed by atoms with Crippen LogP contribution in [0, 0.1) is 18.6 Å². The topological polar surface area (TPSA) is 91.8 Å². The molecular weight excluding hydrogens is 552 g/mol. The van der Waals surface area contributed by atoms with Crippen molar-refractivity contribution in [3.63, 3.8) is 0 Å². The number of carbonyl (C=O) groups excluding carboxylic acids is 1. The molecule has 0 radical (unpaired) electrons. The van der Waals surface area contributed by atoms with Crippen LogP contribution in [0.25, 0.3) is 22.0 Å². The van der Waals surface area contributed by atoms with Crippen LogP contribution in [0.2, 0.25) is 5.02 Å². The van der Waals surface area contributed by atoms with Gasteiger partial charge in [-0.2, -0.15) is 0 Å². The summed E-state index contributed by atoms with van der Waals surface area (Å²) in [5, 5.41) is 13.4. The Bertz CT molecular complexity index is 1620. The van der Waals surface area contributed by atoms with E-state index in [2.05, 4.69) is 10.3 Å². The van der Waals surface area contributed by atoms with E-state index >= 15 is 8.78 Å². The third kappa shape index (κ3) is 6.01. The van der Waals surface area contributed by atoms with Crippen LogP contribution >= 0.6 is 11.6 Å². The summed E-state index contributed by atoms with van der Waals surface area (Å²) in [4.78, 5) is 31.4. The summed E-state index contributed by atoms with van der Waals surface area (Å²) < 4.78 is 35.5. The number of hydrogen-bond donors (Lipinski definition) is 2. The Hall–Kier alpha value is -4.08. The number of carboxylic acid groups (broad SMARTS) is 1. The van der Waals surface area contributed by atoms with Gasteiger partial charge in [0.15, 0.2) is 0 Å². The Morgan fingerprint density at radius 3 is 2.56 bits per heavy atom. The number of nitrogens with zero attached hydrogens (tertiary/aromatic N) is 2. The highest BCUT2D eigenvalue weighted by atomic mass is 35.5. The van der Waals surface area contributed by atoms with Gasteiger partial charge in [-0.15, -0.1) is 0 Å². The molecule has 7 nitrogen and oxygen atoms in total. The summed E-state index contributed by atoms with van der Waals surface area (Å²) in [6.07, 6.45) is 1.38. The second kappa shape index (κ2) is 11.8. The average molecular weight is 580 g/mol. The number of pyridine rings is 1. The van der Waals surface area contributed by atoms with Crippen molar-refractivity contribution < 1.29 is 28.2 Å². The van der Waals surface area contributed by atoms with E-state index in [-0.39, 0.29) is 18.2 Å². The number of morpholine rings is 1. The van der Waals surface area contributed by atoms with Gasteiger partial charge in [-0.25, -0.2) is 13.6 Å². The molecule has 0 saturated carbocycles. The van der Waals surface area contributed by atoms with E-state index in [0.717, 1.165) is 28.8 Å². The monoisotopic (exact) mass is 579 g/mol. The molecule has 10 heteroatoms. The molecule has 1 saturated heterocycles. The Morgan fingerprint density at radius 1 is 1.15 bits per heavy atom. The van der Waals surface area contributed by atoms with Crippen molar-refractivity contribution in [1.29, 1.82) is 0 Å². The van der Waals surface area contributed by atoms with Crippen LogP contribution in [0.15, 0.2) is 60.8 Å². The molecule has 1 aliphatic rings. The molecule has 4 aromatic rings. The molecule has 1 amide bonds. The second-order valence-corrected chi connectivity index (χ2v) is 10.5. The molecule has 1 aromatic heterocycles. The molecular formula is C31H28ClF2N3O4. The lowest BCUT2D eigenvalue weighted by Crippen LogP contribution is -2.43. The number of aromatic nitrogens is 1. The van der Waals surface area contributed by atoms with Gasteiger partial charge in [0.25, 0.3) is 5.91 Å². The lowest BCUT2D eigenvalue weighted by molar-refractivity contribution is -0.139. The number of carboxylic acids is 1. The molecule has 3 aromatic carbocycles. The summed E-state index contributed by atoms with van der Waals surface area (Å²) in [7, 11) is 0. The van der Waals surface area contributed by atoms with Crippen LogP contribution < -0.4 is 10.2 Å². The fourth-order valence-corrected chi connectivity index (χ4v) is 5.47. The fraction of sp³-hybridized carbons (Fsp3) is 0.258. The first-order chi connectivity index (χ1) is 19.6. The molecule has 1 aliphatic heterocycles. The van der Waals surface area contributed by atoms with Gasteiger partial charge in [0.05, 0.1) is 18.2 Å². The number of halogens is 3. The highest BCUT2D eigenvalue weighted by Crippen LogP contribution is 2.35. The third-order valence-corrected chi connectivity index (χ3v) is 7.48. The van der Waals surface area contributed by atoms with E-state index in [4.69, 9.17) is 16.3 Å². The van der Waals surface area contributed by atoms with Crippen LogP contribution in [-0.4, -0.2) is 53.8 Å². The van der Waals surface area contributed by atoms with Crippen LogP contribution in [0.4, 0.5) is 14.5 Å². The van der Waals surface area contributed by atoms with Crippen molar-refractivity contribution in [3.05, 3.63) is 94.1 Å². The third-order valence-electron chi connectivity index (χ3n) is 7.16. The van der Waals surface area contributed by atoms with E-state index in [1.54, 1.807) is 35.4 Å². The summed E-state index contributed by atoms with van der Waals surface area (Å²) in [5.41, 5.74) is 3.19. The number of amides is 1. The summed E-state index contributed by atoms with van der Waals surface area (Å²) in [6, 6.07) is 13.5. The Kier molecular flexibility index (Phi) is 8.19. The van der Waals surface area contributed by atoms with Crippen molar-refractivity contribution in [2.75, 3.05) is 24.6 Å². The second-order valence-electron chi connectivity index (χ2n) is 10.1. The molecule has 0 aliphatic carbocycles. The van der Waals surface area contributed by atoms with Crippen molar-refractivity contribution in [2.24, 2.45) is 0 Å². The zero-order chi connectivity index (χ0) is 29.3. The Labute approximate surface area is 240 Å². The van der Waals surface area contributed by atoms with Crippen LogP contribution in [-0.2, 0) is 16.0 Å². The normalized spacial score (nSPS) is 16.0. The zero-order valence-electron chi connectivity index (χ0n) is 22.5. The van der Waals surface area contributed by atoms with Crippen molar-refractivity contribution in [1.82, 2.24) is 10.3 Å². The fourth-order valence-electron chi connectivity index (χ4n) is 5.13. The largest absolute Gasteiger partial charge is 0.480 e. The van der Waals surface area contributed by atoms with Gasteiger partial charge in [0, 0.05) is 52.9 Å². The molecule has 2 heterocycles. The van der Waals surface area contributed by atoms with Gasteiger partial charge < -0.3 is 20.1 Å². The van der Waals surface area contributed by atoms with E-state index < -0.39 is 35.1 Å². The van der Waals surface area contributed by atoms with Gasteiger partial charge in [-0.3, -0.25) is 9.78 Å². The lowest BCUT2D eigenvalue weighted by atomic mass is 9.94. The van der Waals surface area contributed by atoms with E-state index in [9.17, 15) is 14.7 Å². The number of aliphatic carboxylic acids is 1. The summed E-state index contributed by atoms with van der Waals surface area (Å²) in [5.74, 6) is -4.65. The minimum atomic E-state index is -1.46. The first-order valence-electron chi connectivity index (χ1n) is 13.1. The van der Waals surface area contributed by atoms with Crippen molar-refractivity contribution in [2.45, 2.75) is 32.4 Å². The SMILES string of the molecule is Cc1ccc(-c2ccc(C[C@H](NC(=O)c3c(F)cc(N4CCO[C@@H](C)C4)cc3F)C(=O)O)c3cccnc23)c(Cl)c1. The minimum absolute atomic E-state index is 0.108. The number of carbonyl (C=O) groups is 2. The highest BCUT2D eigenvalue weighted by Gasteiger charge is 2.28. The molecule has 1 fully saturated rings. The molecule has 0 unspecified atom stereocenters. The molecule has 2 atom stereocenters. The first-order valence-corrected chi connectivity index (χ1v) is 13.5. The smallest absolute Gasteiger partial charge is 0.326 e. The predicted octanol–water partition coefficient (Wildman–Crippen LogP) is 5.79. The number of anilines is 1. The maximum atomic E-state index is 15.0. The van der Waals surface area contributed by atoms with E-state index in [1.807, 2.05) is 32.0 Å². The summed E-state index contributed by atoms with van der Waals surface area (Å²) in [6.45, 7) is 5.11. The standard InChI is InChI=1S/C31H28ClF2N3O4/c1-17-5-7-22(24(32)12-17)23-8-6-19(21-4-3-9-35-29(21)23)13-27(31(39)40)36-30(38)28-25(33)14-20(15-26(28)34)37-10-11-41-18(2)16-37/h3-9,12,14-15,18,27H,10-11,13,16H2,1-2H3,(H,36,38)(H,39,40)/t18-,27-/m0/s1. The lowest BCUT2D eigenvalue weighted by Gasteiger charge is -2.33. The maximum absolute atomic E-state index is 15.0. The van der Waals surface area contributed by atoms with Gasteiger partial charge >= 0.3 is 5.97 Å². The average Bonchev–Trinajstić information content (AvgIpc) is 2.92. The van der Waals surface area contributed by atoms with E-state index in [0.29, 0.717) is 41.2 Å². The number of ether oxygens (including phenoxy) is 1. The zero-order valence-corrected chi connectivity index (χ0v) is 23.2. The van der Waals surface area contributed by atoms with Gasteiger partial charge in [-0.1, -0.05) is 41.9 Å². The number of aryl methyl sites for hydroxylation is 1. The quantitative estimate of drug-likeness (QED) is 0.288. The molecule has 0 spiro atoms. The van der Waals surface area contributed by atoms with Crippen LogP contribution in [0.3, 0.4) is 0 Å². The number of benzene rings is 3. The maximum Gasteiger partial charge on any atom is 0.326 e. The highest BCUT2D eigenvalue weighted by molar-refractivity contribution is 6.33. The molecule has 0 bridgehead atoms. The van der Waals surface area contributed by atoms with Crippen molar-refractivity contribution >= 4 is 40.1 Å². The molecule has 212 valence electrons. The molecule has 5 rings (SSSR count). The minimum Gasteiger partial charge on any atom is -0.480 e. The summed E-state index contributed by atoms with van der Waals surface area (Å²) >= 11 is 6.51. The molecule has 2 N–H and O–H groups in total. The number of hydrogen-bond acceptors (Lipinski definition) is 5. The van der Waals surface area contributed by atoms with E-state index in [1.165, 1.54) is 0 Å². The van der Waals surface area contributed by atoms with Gasteiger partial charge in [0.1, 0.15) is 23.2 Å². The molecule has 41 heavy (non-hydrogen) atoms. The first kappa shape index (κ1) is 28.4. The Balaban J connectivity index is 1.42.